The van der Waals surface area contributed by atoms with Crippen LogP contribution in [0.25, 0.3) is 0 Å². The summed E-state index contributed by atoms with van der Waals surface area (Å²) < 4.78 is 5.96. The maximum Gasteiger partial charge on any atom is 0.323 e. The van der Waals surface area contributed by atoms with Crippen molar-refractivity contribution in [1.29, 1.82) is 0 Å². The number of carbonyl (C=O) groups is 3. The zero-order chi connectivity index (χ0) is 28.9. The third-order valence-electron chi connectivity index (χ3n) is 11.6. The number of ether oxygens (including phenoxy) is 1. The number of carboxylic acids is 2. The minimum atomic E-state index is -1.09. The third kappa shape index (κ3) is 5.34. The van der Waals surface area contributed by atoms with Gasteiger partial charge in [0.2, 0.25) is 0 Å². The molecule has 0 spiro atoms. The van der Waals surface area contributed by atoms with E-state index in [1.54, 1.807) is 0 Å². The first-order chi connectivity index (χ1) is 18.2. The van der Waals surface area contributed by atoms with Crippen LogP contribution in [0.5, 0.6) is 0 Å². The first-order valence-electron chi connectivity index (χ1n) is 14.6. The fourth-order valence-corrected chi connectivity index (χ4v) is 9.53. The Morgan fingerprint density at radius 2 is 1.54 bits per heavy atom. The highest BCUT2D eigenvalue weighted by Gasteiger charge is 2.68. The first-order valence-corrected chi connectivity index (χ1v) is 14.6. The number of esters is 1. The molecule has 0 aromatic carbocycles. The summed E-state index contributed by atoms with van der Waals surface area (Å²) in [6.45, 7) is 6.24. The van der Waals surface area contributed by atoms with E-state index in [-0.39, 0.29) is 61.2 Å². The van der Waals surface area contributed by atoms with Gasteiger partial charge in [-0.1, -0.05) is 20.8 Å². The molecule has 4 fully saturated rings. The molecular weight excluding hydrogens is 506 g/mol. The molecule has 0 saturated heterocycles. The molecule has 0 bridgehead atoms. The SMILES string of the molecule is CC(CCC(=O)O)C1CCC2C3C(O)CC4CC(O)CC(OC(=O)C(N)CCC(=O)O)C4(C)C3CC(O)C12C. The van der Waals surface area contributed by atoms with Crippen LogP contribution in [0.3, 0.4) is 0 Å². The van der Waals surface area contributed by atoms with Gasteiger partial charge >= 0.3 is 17.9 Å². The lowest BCUT2D eigenvalue weighted by molar-refractivity contribution is -0.240. The molecular formula is C29H47NO9. The Morgan fingerprint density at radius 1 is 0.897 bits per heavy atom. The number of carbonyl (C=O) groups excluding carboxylic acids is 1. The van der Waals surface area contributed by atoms with E-state index in [1.165, 1.54) is 0 Å². The van der Waals surface area contributed by atoms with Crippen molar-refractivity contribution in [2.24, 2.45) is 52.1 Å². The number of fused-ring (bicyclic) bond motifs is 5. The Bertz CT molecular complexity index is 944. The van der Waals surface area contributed by atoms with Crippen molar-refractivity contribution >= 4 is 17.9 Å². The van der Waals surface area contributed by atoms with Crippen molar-refractivity contribution < 1.29 is 44.7 Å². The van der Waals surface area contributed by atoms with Gasteiger partial charge < -0.3 is 36.0 Å². The summed E-state index contributed by atoms with van der Waals surface area (Å²) in [7, 11) is 0. The van der Waals surface area contributed by atoms with Crippen LogP contribution in [0.1, 0.15) is 85.0 Å². The molecule has 4 saturated carbocycles. The van der Waals surface area contributed by atoms with E-state index in [0.717, 1.165) is 12.8 Å². The van der Waals surface area contributed by atoms with Gasteiger partial charge in [0.25, 0.3) is 0 Å². The van der Waals surface area contributed by atoms with Gasteiger partial charge in [0.1, 0.15) is 12.1 Å². The standard InChI is InChI=1S/C29H47NO9/c1-14(4-8-24(34)35)17-5-6-18-26-19(13-22(33)29(17,18)3)28(2)15(11-21(26)32)10-16(31)12-23(28)39-27(38)20(30)7-9-25(36)37/h14-23,26,31-33H,4-13,30H2,1-3H3,(H,34,35)(H,36,37). The number of aliphatic hydroxyl groups excluding tert-OH is 3. The van der Waals surface area contributed by atoms with Crippen molar-refractivity contribution in [3.8, 4) is 0 Å². The molecule has 39 heavy (non-hydrogen) atoms. The highest BCUT2D eigenvalue weighted by atomic mass is 16.5. The highest BCUT2D eigenvalue weighted by Crippen LogP contribution is 2.68. The monoisotopic (exact) mass is 553 g/mol. The average molecular weight is 554 g/mol. The molecule has 4 aliphatic carbocycles. The fourth-order valence-electron chi connectivity index (χ4n) is 9.53. The predicted octanol–water partition coefficient (Wildman–Crippen LogP) is 2.16. The highest BCUT2D eigenvalue weighted by molar-refractivity contribution is 5.77. The van der Waals surface area contributed by atoms with E-state index in [2.05, 4.69) is 20.8 Å². The molecule has 4 aliphatic rings. The molecule has 13 unspecified atom stereocenters. The lowest BCUT2D eigenvalue weighted by atomic mass is 9.42. The van der Waals surface area contributed by atoms with E-state index in [9.17, 15) is 34.8 Å². The first kappa shape index (κ1) is 30.2. The molecule has 10 nitrogen and oxygen atoms in total. The van der Waals surface area contributed by atoms with Crippen LogP contribution < -0.4 is 5.73 Å². The molecule has 222 valence electrons. The molecule has 0 aliphatic heterocycles. The second-order valence-electron chi connectivity index (χ2n) is 13.5. The number of aliphatic hydroxyl groups is 3. The zero-order valence-electron chi connectivity index (χ0n) is 23.4. The Labute approximate surface area is 230 Å². The molecule has 0 aromatic heterocycles. The van der Waals surface area contributed by atoms with Crippen LogP contribution in [0.2, 0.25) is 0 Å². The quantitative estimate of drug-likeness (QED) is 0.231. The Hall–Kier alpha value is -1.75. The number of rotatable bonds is 9. The predicted molar refractivity (Wildman–Crippen MR) is 140 cm³/mol. The van der Waals surface area contributed by atoms with Crippen LogP contribution in [0.15, 0.2) is 0 Å². The topological polar surface area (TPSA) is 188 Å². The van der Waals surface area contributed by atoms with Gasteiger partial charge in [0.15, 0.2) is 0 Å². The van der Waals surface area contributed by atoms with E-state index >= 15 is 0 Å². The van der Waals surface area contributed by atoms with Gasteiger partial charge in [-0.15, -0.1) is 0 Å². The fraction of sp³-hybridized carbons (Fsp3) is 0.897. The van der Waals surface area contributed by atoms with Gasteiger partial charge in [-0.2, -0.15) is 0 Å². The maximum atomic E-state index is 12.9. The Morgan fingerprint density at radius 3 is 2.18 bits per heavy atom. The van der Waals surface area contributed by atoms with Crippen molar-refractivity contribution in [1.82, 2.24) is 0 Å². The Balaban J connectivity index is 1.61. The van der Waals surface area contributed by atoms with Crippen LogP contribution in [0.4, 0.5) is 0 Å². The van der Waals surface area contributed by atoms with E-state index in [4.69, 9.17) is 15.6 Å². The van der Waals surface area contributed by atoms with E-state index in [0.29, 0.717) is 25.7 Å². The third-order valence-corrected chi connectivity index (χ3v) is 11.6. The Kier molecular flexibility index (Phi) is 8.72. The number of hydrogen-bond acceptors (Lipinski definition) is 8. The summed E-state index contributed by atoms with van der Waals surface area (Å²) in [5, 5.41) is 52.2. The van der Waals surface area contributed by atoms with Crippen LogP contribution in [0, 0.1) is 46.3 Å². The second kappa shape index (κ2) is 11.3. The van der Waals surface area contributed by atoms with Crippen LogP contribution >= 0.6 is 0 Å². The summed E-state index contributed by atoms with van der Waals surface area (Å²) in [5.74, 6) is -2.63. The average Bonchev–Trinajstić information content (AvgIpc) is 3.21. The van der Waals surface area contributed by atoms with Crippen molar-refractivity contribution in [2.75, 3.05) is 0 Å². The molecule has 13 atom stereocenters. The van der Waals surface area contributed by atoms with Gasteiger partial charge in [-0.25, -0.2) is 0 Å². The summed E-state index contributed by atoms with van der Waals surface area (Å²) in [4.78, 5) is 35.1. The number of nitrogens with two attached hydrogens (primary N) is 1. The van der Waals surface area contributed by atoms with Gasteiger partial charge in [0.05, 0.1) is 18.3 Å². The van der Waals surface area contributed by atoms with Crippen LogP contribution in [-0.2, 0) is 19.1 Å². The molecule has 0 heterocycles. The number of hydrogen-bond donors (Lipinski definition) is 6. The summed E-state index contributed by atoms with van der Waals surface area (Å²) in [6.07, 6.45) is 0.998. The summed E-state index contributed by atoms with van der Waals surface area (Å²) in [5.41, 5.74) is 4.91. The summed E-state index contributed by atoms with van der Waals surface area (Å²) in [6, 6.07) is -1.09. The molecule has 7 N–H and O–H groups in total. The minimum Gasteiger partial charge on any atom is -0.481 e. The van der Waals surface area contributed by atoms with Crippen molar-refractivity contribution in [3.05, 3.63) is 0 Å². The van der Waals surface area contributed by atoms with Gasteiger partial charge in [0, 0.05) is 24.7 Å². The largest absolute Gasteiger partial charge is 0.481 e. The molecule has 4 rings (SSSR count). The van der Waals surface area contributed by atoms with Crippen molar-refractivity contribution in [3.63, 3.8) is 0 Å². The molecule has 0 radical (unpaired) electrons. The smallest absolute Gasteiger partial charge is 0.323 e. The lowest BCUT2D eigenvalue weighted by Crippen LogP contribution is -2.66. The number of carboxylic acid groups (broad SMARTS) is 2. The van der Waals surface area contributed by atoms with Crippen molar-refractivity contribution in [2.45, 2.75) is 115 Å². The minimum absolute atomic E-state index is 0.0392. The second-order valence-corrected chi connectivity index (χ2v) is 13.5. The normalized spacial score (nSPS) is 44.8. The van der Waals surface area contributed by atoms with E-state index < -0.39 is 59.2 Å². The maximum absolute atomic E-state index is 12.9. The van der Waals surface area contributed by atoms with Crippen LogP contribution in [-0.4, -0.2) is 73.9 Å². The van der Waals surface area contributed by atoms with E-state index in [1.807, 2.05) is 0 Å². The molecule has 0 amide bonds. The van der Waals surface area contributed by atoms with Gasteiger partial charge in [-0.3, -0.25) is 14.4 Å². The molecule has 0 aromatic rings. The lowest BCUT2D eigenvalue weighted by Gasteiger charge is -2.64. The molecule has 10 heteroatoms. The van der Waals surface area contributed by atoms with Gasteiger partial charge in [-0.05, 0) is 85.9 Å². The zero-order valence-corrected chi connectivity index (χ0v) is 23.4. The number of aliphatic carboxylic acids is 2. The summed E-state index contributed by atoms with van der Waals surface area (Å²) >= 11 is 0.